The maximum absolute atomic E-state index is 11.6. The largest absolute Gasteiger partial charge is 0.484 e. The van der Waals surface area contributed by atoms with Crippen LogP contribution in [-0.4, -0.2) is 29.6 Å². The summed E-state index contributed by atoms with van der Waals surface area (Å²) in [7, 11) is 0. The fourth-order valence-corrected chi connectivity index (χ4v) is 1.59. The second-order valence-electron chi connectivity index (χ2n) is 4.69. The lowest BCUT2D eigenvalue weighted by atomic mass is 10.0. The van der Waals surface area contributed by atoms with Gasteiger partial charge >= 0.3 is 5.97 Å². The van der Waals surface area contributed by atoms with E-state index < -0.39 is 17.9 Å². The van der Waals surface area contributed by atoms with Crippen LogP contribution in [0.5, 0.6) is 5.75 Å². The van der Waals surface area contributed by atoms with Crippen LogP contribution in [0.4, 0.5) is 0 Å². The second-order valence-corrected chi connectivity index (χ2v) is 4.69. The number of carboxylic acids is 1. The molecule has 0 fully saturated rings. The lowest BCUT2D eigenvalue weighted by Crippen LogP contribution is -2.43. The molecule has 0 spiro atoms. The van der Waals surface area contributed by atoms with Gasteiger partial charge in [0.1, 0.15) is 11.8 Å². The number of para-hydroxylation sites is 1. The number of hydrogen-bond acceptors (Lipinski definition) is 3. The van der Waals surface area contributed by atoms with Gasteiger partial charge in [-0.3, -0.25) is 4.79 Å². The van der Waals surface area contributed by atoms with E-state index in [1.165, 1.54) is 0 Å². The van der Waals surface area contributed by atoms with Gasteiger partial charge in [-0.25, -0.2) is 4.79 Å². The summed E-state index contributed by atoms with van der Waals surface area (Å²) in [5.74, 6) is -0.691. The smallest absolute Gasteiger partial charge is 0.326 e. The van der Waals surface area contributed by atoms with Gasteiger partial charge in [0.15, 0.2) is 6.61 Å². The fourth-order valence-electron chi connectivity index (χ4n) is 1.59. The highest BCUT2D eigenvalue weighted by Crippen LogP contribution is 2.08. The lowest BCUT2D eigenvalue weighted by molar-refractivity contribution is -0.142. The van der Waals surface area contributed by atoms with E-state index in [9.17, 15) is 9.59 Å². The van der Waals surface area contributed by atoms with Crippen molar-refractivity contribution in [1.82, 2.24) is 5.32 Å². The molecule has 19 heavy (non-hydrogen) atoms. The molecule has 0 radical (unpaired) electrons. The minimum Gasteiger partial charge on any atom is -0.484 e. The van der Waals surface area contributed by atoms with E-state index in [4.69, 9.17) is 9.84 Å². The molecule has 1 atom stereocenters. The Morgan fingerprint density at radius 1 is 1.26 bits per heavy atom. The van der Waals surface area contributed by atoms with Crippen LogP contribution >= 0.6 is 0 Å². The van der Waals surface area contributed by atoms with E-state index in [2.05, 4.69) is 5.32 Å². The van der Waals surface area contributed by atoms with Crippen LogP contribution in [0.1, 0.15) is 20.3 Å². The van der Waals surface area contributed by atoms with Gasteiger partial charge in [0.25, 0.3) is 5.91 Å². The molecule has 1 aromatic carbocycles. The molecule has 0 aliphatic carbocycles. The molecule has 0 unspecified atom stereocenters. The van der Waals surface area contributed by atoms with Gasteiger partial charge in [-0.05, 0) is 24.5 Å². The first-order valence-corrected chi connectivity index (χ1v) is 6.19. The minimum absolute atomic E-state index is 0.189. The Morgan fingerprint density at radius 3 is 2.42 bits per heavy atom. The van der Waals surface area contributed by atoms with Crippen molar-refractivity contribution in [2.45, 2.75) is 26.3 Å². The Morgan fingerprint density at radius 2 is 1.89 bits per heavy atom. The highest BCUT2D eigenvalue weighted by Gasteiger charge is 2.21. The fraction of sp³-hybridized carbons (Fsp3) is 0.429. The molecule has 0 aliphatic heterocycles. The number of carbonyl (C=O) groups is 2. The summed E-state index contributed by atoms with van der Waals surface area (Å²) in [4.78, 5) is 22.6. The predicted molar refractivity (Wildman–Crippen MR) is 71.0 cm³/mol. The summed E-state index contributed by atoms with van der Waals surface area (Å²) in [6.07, 6.45) is 0.395. The summed E-state index contributed by atoms with van der Waals surface area (Å²) < 4.78 is 5.25. The Bertz CT molecular complexity index is 417. The summed E-state index contributed by atoms with van der Waals surface area (Å²) in [5.41, 5.74) is 0. The number of aliphatic carboxylic acids is 1. The summed E-state index contributed by atoms with van der Waals surface area (Å²) >= 11 is 0. The van der Waals surface area contributed by atoms with Gasteiger partial charge in [0.2, 0.25) is 0 Å². The Hall–Kier alpha value is -2.04. The van der Waals surface area contributed by atoms with Crippen LogP contribution in [0, 0.1) is 5.92 Å². The molecule has 1 amide bonds. The Kier molecular flexibility index (Phi) is 5.85. The van der Waals surface area contributed by atoms with Gasteiger partial charge in [-0.1, -0.05) is 32.0 Å². The number of nitrogens with one attached hydrogen (secondary N) is 1. The van der Waals surface area contributed by atoms with Crippen molar-refractivity contribution in [2.75, 3.05) is 6.61 Å². The first kappa shape index (κ1) is 15.0. The first-order valence-electron chi connectivity index (χ1n) is 6.19. The van der Waals surface area contributed by atoms with Gasteiger partial charge in [0, 0.05) is 0 Å². The Labute approximate surface area is 112 Å². The molecule has 1 aromatic rings. The van der Waals surface area contributed by atoms with Crippen LogP contribution in [0.15, 0.2) is 30.3 Å². The van der Waals surface area contributed by atoms with E-state index in [-0.39, 0.29) is 12.5 Å². The third-order valence-corrected chi connectivity index (χ3v) is 2.45. The topological polar surface area (TPSA) is 75.6 Å². The van der Waals surface area contributed by atoms with Crippen LogP contribution in [-0.2, 0) is 9.59 Å². The second kappa shape index (κ2) is 7.41. The molecule has 1 rings (SSSR count). The van der Waals surface area contributed by atoms with Crippen molar-refractivity contribution in [3.63, 3.8) is 0 Å². The molecule has 0 bridgehead atoms. The highest BCUT2D eigenvalue weighted by atomic mass is 16.5. The third-order valence-electron chi connectivity index (χ3n) is 2.45. The maximum atomic E-state index is 11.6. The summed E-state index contributed by atoms with van der Waals surface area (Å²) in [5, 5.41) is 11.5. The van der Waals surface area contributed by atoms with Crippen molar-refractivity contribution in [1.29, 1.82) is 0 Å². The first-order chi connectivity index (χ1) is 8.99. The van der Waals surface area contributed by atoms with Gasteiger partial charge in [-0.15, -0.1) is 0 Å². The number of benzene rings is 1. The van der Waals surface area contributed by atoms with Crippen LogP contribution in [0.25, 0.3) is 0 Å². The SMILES string of the molecule is CC(C)C[C@@H](NC(=O)COc1ccccc1)C(=O)O. The average molecular weight is 265 g/mol. The molecule has 0 saturated carbocycles. The van der Waals surface area contributed by atoms with Gasteiger partial charge in [0.05, 0.1) is 0 Å². The van der Waals surface area contributed by atoms with Crippen LogP contribution < -0.4 is 10.1 Å². The third kappa shape index (κ3) is 5.90. The molecule has 2 N–H and O–H groups in total. The number of amides is 1. The molecule has 0 saturated heterocycles. The van der Waals surface area contributed by atoms with E-state index >= 15 is 0 Å². The molecular weight excluding hydrogens is 246 g/mol. The Balaban J connectivity index is 2.42. The number of carboxylic acid groups (broad SMARTS) is 1. The molecule has 5 nitrogen and oxygen atoms in total. The molecular formula is C14H19NO4. The van der Waals surface area contributed by atoms with Crippen LogP contribution in [0.2, 0.25) is 0 Å². The average Bonchev–Trinajstić information content (AvgIpc) is 2.36. The molecule has 0 aliphatic rings. The quantitative estimate of drug-likeness (QED) is 0.786. The standard InChI is InChI=1S/C14H19NO4/c1-10(2)8-12(14(17)18)15-13(16)9-19-11-6-4-3-5-7-11/h3-7,10,12H,8-9H2,1-2H3,(H,15,16)(H,17,18)/t12-/m1/s1. The number of hydrogen-bond donors (Lipinski definition) is 2. The zero-order chi connectivity index (χ0) is 14.3. The summed E-state index contributed by atoms with van der Waals surface area (Å²) in [6.45, 7) is 3.62. The normalized spacial score (nSPS) is 11.9. The van der Waals surface area contributed by atoms with Crippen molar-refractivity contribution in [2.24, 2.45) is 5.92 Å². The molecule has 0 aromatic heterocycles. The van der Waals surface area contributed by atoms with E-state index in [0.717, 1.165) is 0 Å². The predicted octanol–water partition coefficient (Wildman–Crippen LogP) is 1.68. The van der Waals surface area contributed by atoms with Crippen LogP contribution in [0.3, 0.4) is 0 Å². The summed E-state index contributed by atoms with van der Waals surface area (Å²) in [6, 6.07) is 8.03. The number of carbonyl (C=O) groups excluding carboxylic acids is 1. The van der Waals surface area contributed by atoms with E-state index in [1.54, 1.807) is 24.3 Å². The number of ether oxygens (including phenoxy) is 1. The van der Waals surface area contributed by atoms with E-state index in [1.807, 2.05) is 19.9 Å². The monoisotopic (exact) mass is 265 g/mol. The minimum atomic E-state index is -1.03. The van der Waals surface area contributed by atoms with Crippen molar-refractivity contribution in [3.05, 3.63) is 30.3 Å². The van der Waals surface area contributed by atoms with Crippen molar-refractivity contribution >= 4 is 11.9 Å². The number of rotatable bonds is 7. The van der Waals surface area contributed by atoms with Crippen molar-refractivity contribution < 1.29 is 19.4 Å². The van der Waals surface area contributed by atoms with Crippen molar-refractivity contribution in [3.8, 4) is 5.75 Å². The van der Waals surface area contributed by atoms with Gasteiger partial charge < -0.3 is 15.2 Å². The molecule has 5 heteroatoms. The zero-order valence-corrected chi connectivity index (χ0v) is 11.1. The zero-order valence-electron chi connectivity index (χ0n) is 11.1. The maximum Gasteiger partial charge on any atom is 0.326 e. The lowest BCUT2D eigenvalue weighted by Gasteiger charge is -2.16. The molecule has 104 valence electrons. The van der Waals surface area contributed by atoms with E-state index in [0.29, 0.717) is 12.2 Å². The van der Waals surface area contributed by atoms with Gasteiger partial charge in [-0.2, -0.15) is 0 Å². The highest BCUT2D eigenvalue weighted by molar-refractivity contribution is 5.84. The molecule has 0 heterocycles.